The Hall–Kier alpha value is -1.13. The molecule has 0 aliphatic heterocycles. The molecule has 0 aliphatic rings. The second kappa shape index (κ2) is 5.47. The Morgan fingerprint density at radius 2 is 2.24 bits per heavy atom. The zero-order valence-electron chi connectivity index (χ0n) is 9.27. The molecule has 88 valence electrons. The summed E-state index contributed by atoms with van der Waals surface area (Å²) in [6.07, 6.45) is 0. The molecule has 1 aromatic heterocycles. The van der Waals surface area contributed by atoms with Crippen LogP contribution < -0.4 is 4.74 Å². The maximum atomic E-state index is 12.2. The van der Waals surface area contributed by atoms with Gasteiger partial charge in [-0.05, 0) is 46.4 Å². The molecule has 2 rings (SSSR count). The second-order valence-electron chi connectivity index (χ2n) is 3.39. The van der Waals surface area contributed by atoms with E-state index < -0.39 is 0 Å². The van der Waals surface area contributed by atoms with Gasteiger partial charge in [0.25, 0.3) is 0 Å². The molecule has 0 bridgehead atoms. The smallest absolute Gasteiger partial charge is 0.204 e. The maximum absolute atomic E-state index is 12.2. The van der Waals surface area contributed by atoms with Gasteiger partial charge in [-0.15, -0.1) is 11.3 Å². The molecule has 4 heteroatoms. The molecule has 1 aromatic carbocycles. The third kappa shape index (κ3) is 2.76. The predicted octanol–water partition coefficient (Wildman–Crippen LogP) is 4.14. The molecule has 0 amide bonds. The van der Waals surface area contributed by atoms with Crippen LogP contribution in [0.4, 0.5) is 0 Å². The van der Waals surface area contributed by atoms with Gasteiger partial charge in [-0.1, -0.05) is 12.1 Å². The first kappa shape index (κ1) is 12.3. The number of rotatable bonds is 4. The fourth-order valence-corrected chi connectivity index (χ4v) is 2.99. The Balaban J connectivity index is 2.31. The summed E-state index contributed by atoms with van der Waals surface area (Å²) < 4.78 is 6.23. The number of hydrogen-bond donors (Lipinski definition) is 0. The standard InChI is InChI=1S/C13H11BrO2S/c1-2-16-10-5-3-4-9(8-10)12(15)13-11(14)6-7-17-13/h3-8H,2H2,1H3. The van der Waals surface area contributed by atoms with Crippen molar-refractivity contribution >= 4 is 33.0 Å². The number of halogens is 1. The monoisotopic (exact) mass is 310 g/mol. The molecule has 0 aliphatic carbocycles. The lowest BCUT2D eigenvalue weighted by molar-refractivity contribution is 0.104. The number of benzene rings is 1. The Morgan fingerprint density at radius 1 is 1.41 bits per heavy atom. The lowest BCUT2D eigenvalue weighted by atomic mass is 10.1. The van der Waals surface area contributed by atoms with Gasteiger partial charge in [-0.2, -0.15) is 0 Å². The molecule has 2 aromatic rings. The Labute approximate surface area is 112 Å². The van der Waals surface area contributed by atoms with Crippen molar-refractivity contribution in [2.45, 2.75) is 6.92 Å². The summed E-state index contributed by atoms with van der Waals surface area (Å²) in [4.78, 5) is 12.9. The first-order valence-corrected chi connectivity index (χ1v) is 6.90. The first-order valence-electron chi connectivity index (χ1n) is 5.23. The van der Waals surface area contributed by atoms with Crippen molar-refractivity contribution in [3.8, 4) is 5.75 Å². The Bertz CT molecular complexity index is 534. The minimum atomic E-state index is 0.0217. The van der Waals surface area contributed by atoms with Crippen molar-refractivity contribution in [1.82, 2.24) is 0 Å². The largest absolute Gasteiger partial charge is 0.494 e. The highest BCUT2D eigenvalue weighted by atomic mass is 79.9. The second-order valence-corrected chi connectivity index (χ2v) is 5.16. The highest BCUT2D eigenvalue weighted by Crippen LogP contribution is 2.26. The van der Waals surface area contributed by atoms with Gasteiger partial charge >= 0.3 is 0 Å². The number of hydrogen-bond acceptors (Lipinski definition) is 3. The quantitative estimate of drug-likeness (QED) is 0.793. The van der Waals surface area contributed by atoms with Crippen LogP contribution in [0.3, 0.4) is 0 Å². The molecule has 0 fully saturated rings. The van der Waals surface area contributed by atoms with Crippen LogP contribution in [0.15, 0.2) is 40.2 Å². The van der Waals surface area contributed by atoms with E-state index in [9.17, 15) is 4.79 Å². The molecule has 2 nitrogen and oxygen atoms in total. The lowest BCUT2D eigenvalue weighted by Gasteiger charge is -2.04. The summed E-state index contributed by atoms with van der Waals surface area (Å²) >= 11 is 4.81. The summed E-state index contributed by atoms with van der Waals surface area (Å²) in [6.45, 7) is 2.52. The number of carbonyl (C=O) groups is 1. The fourth-order valence-electron chi connectivity index (χ4n) is 1.48. The van der Waals surface area contributed by atoms with Crippen LogP contribution in [-0.4, -0.2) is 12.4 Å². The van der Waals surface area contributed by atoms with Crippen LogP contribution in [0.1, 0.15) is 22.2 Å². The molecule has 0 saturated heterocycles. The number of carbonyl (C=O) groups excluding carboxylic acids is 1. The topological polar surface area (TPSA) is 26.3 Å². The van der Waals surface area contributed by atoms with Gasteiger partial charge in [-0.3, -0.25) is 4.79 Å². The summed E-state index contributed by atoms with van der Waals surface area (Å²) in [5, 5.41) is 1.89. The van der Waals surface area contributed by atoms with Crippen molar-refractivity contribution in [1.29, 1.82) is 0 Å². The van der Waals surface area contributed by atoms with Crippen molar-refractivity contribution in [3.05, 3.63) is 50.6 Å². The average Bonchev–Trinajstić information content (AvgIpc) is 2.75. The van der Waals surface area contributed by atoms with E-state index in [0.29, 0.717) is 12.2 Å². The van der Waals surface area contributed by atoms with E-state index in [4.69, 9.17) is 4.74 Å². The predicted molar refractivity (Wildman–Crippen MR) is 73.1 cm³/mol. The minimum absolute atomic E-state index is 0.0217. The van der Waals surface area contributed by atoms with Crippen molar-refractivity contribution in [2.24, 2.45) is 0 Å². The third-order valence-electron chi connectivity index (χ3n) is 2.23. The first-order chi connectivity index (χ1) is 8.22. The third-order valence-corrected chi connectivity index (χ3v) is 4.07. The molecule has 1 heterocycles. The molecule has 17 heavy (non-hydrogen) atoms. The highest BCUT2D eigenvalue weighted by Gasteiger charge is 2.14. The number of ketones is 1. The van der Waals surface area contributed by atoms with Gasteiger partial charge < -0.3 is 4.74 Å². The van der Waals surface area contributed by atoms with Gasteiger partial charge in [0.05, 0.1) is 11.5 Å². The normalized spacial score (nSPS) is 10.2. The summed E-state index contributed by atoms with van der Waals surface area (Å²) in [6, 6.07) is 9.14. The number of thiophene rings is 1. The Kier molecular flexibility index (Phi) is 3.97. The van der Waals surface area contributed by atoms with E-state index in [0.717, 1.165) is 15.1 Å². The average molecular weight is 311 g/mol. The van der Waals surface area contributed by atoms with E-state index in [1.165, 1.54) is 11.3 Å². The van der Waals surface area contributed by atoms with Crippen LogP contribution >= 0.6 is 27.3 Å². The molecule has 0 atom stereocenters. The van der Waals surface area contributed by atoms with Crippen LogP contribution in [0.25, 0.3) is 0 Å². The molecular formula is C13H11BrO2S. The van der Waals surface area contributed by atoms with Gasteiger partial charge in [0.1, 0.15) is 5.75 Å². The van der Waals surface area contributed by atoms with Crippen molar-refractivity contribution in [2.75, 3.05) is 6.61 Å². The zero-order valence-corrected chi connectivity index (χ0v) is 11.7. The zero-order chi connectivity index (χ0) is 12.3. The maximum Gasteiger partial charge on any atom is 0.204 e. The van der Waals surface area contributed by atoms with Gasteiger partial charge in [0, 0.05) is 10.0 Å². The molecule has 0 spiro atoms. The summed E-state index contributed by atoms with van der Waals surface area (Å²) in [5.41, 5.74) is 0.652. The van der Waals surface area contributed by atoms with E-state index in [1.54, 1.807) is 12.1 Å². The minimum Gasteiger partial charge on any atom is -0.494 e. The van der Waals surface area contributed by atoms with E-state index in [-0.39, 0.29) is 5.78 Å². The fraction of sp³-hybridized carbons (Fsp3) is 0.154. The van der Waals surface area contributed by atoms with Gasteiger partial charge in [0.2, 0.25) is 5.78 Å². The van der Waals surface area contributed by atoms with Crippen LogP contribution in [-0.2, 0) is 0 Å². The summed E-state index contributed by atoms with van der Waals surface area (Å²) in [7, 11) is 0. The Morgan fingerprint density at radius 3 is 2.88 bits per heavy atom. The van der Waals surface area contributed by atoms with Crippen molar-refractivity contribution < 1.29 is 9.53 Å². The SMILES string of the molecule is CCOc1cccc(C(=O)c2sccc2Br)c1. The summed E-state index contributed by atoms with van der Waals surface area (Å²) in [5.74, 6) is 0.749. The molecule has 0 N–H and O–H groups in total. The molecular weight excluding hydrogens is 300 g/mol. The van der Waals surface area contributed by atoms with Gasteiger partial charge in [-0.25, -0.2) is 0 Å². The van der Waals surface area contributed by atoms with E-state index in [1.807, 2.05) is 30.5 Å². The molecule has 0 saturated carbocycles. The van der Waals surface area contributed by atoms with Crippen LogP contribution in [0.2, 0.25) is 0 Å². The van der Waals surface area contributed by atoms with Crippen LogP contribution in [0.5, 0.6) is 5.75 Å². The van der Waals surface area contributed by atoms with E-state index in [2.05, 4.69) is 15.9 Å². The van der Waals surface area contributed by atoms with E-state index >= 15 is 0 Å². The lowest BCUT2D eigenvalue weighted by Crippen LogP contribution is -2.00. The number of ether oxygens (including phenoxy) is 1. The van der Waals surface area contributed by atoms with Crippen LogP contribution in [0, 0.1) is 0 Å². The van der Waals surface area contributed by atoms with Gasteiger partial charge in [0.15, 0.2) is 0 Å². The van der Waals surface area contributed by atoms with Crippen molar-refractivity contribution in [3.63, 3.8) is 0 Å². The highest BCUT2D eigenvalue weighted by molar-refractivity contribution is 9.10. The molecule has 0 radical (unpaired) electrons. The molecule has 0 unspecified atom stereocenters.